The number of hydrogen-bond donors (Lipinski definition) is 1. The van der Waals surface area contributed by atoms with Crippen LogP contribution in [0.25, 0.3) is 0 Å². The Bertz CT molecular complexity index is 1050. The second-order valence-corrected chi connectivity index (χ2v) is 6.43. The van der Waals surface area contributed by atoms with E-state index < -0.39 is 17.5 Å². The number of halogens is 2. The van der Waals surface area contributed by atoms with Crippen molar-refractivity contribution in [1.29, 1.82) is 0 Å². The Morgan fingerprint density at radius 1 is 1.11 bits per heavy atom. The molecule has 2 amide bonds. The molecule has 8 heteroatoms. The number of nitrogens with zero attached hydrogens (tertiary/aromatic N) is 3. The van der Waals surface area contributed by atoms with E-state index in [9.17, 15) is 18.4 Å². The molecule has 1 aliphatic heterocycles. The van der Waals surface area contributed by atoms with Crippen LogP contribution in [-0.4, -0.2) is 32.8 Å². The third-order valence-electron chi connectivity index (χ3n) is 4.49. The van der Waals surface area contributed by atoms with E-state index in [4.69, 9.17) is 0 Å². The van der Waals surface area contributed by atoms with Gasteiger partial charge in [-0.05, 0) is 17.7 Å². The van der Waals surface area contributed by atoms with E-state index in [1.165, 1.54) is 6.20 Å². The van der Waals surface area contributed by atoms with E-state index in [0.29, 0.717) is 25.7 Å². The molecule has 2 heterocycles. The lowest BCUT2D eigenvalue weighted by atomic mass is 10.2. The molecule has 3 aromatic rings. The molecule has 1 aromatic heterocycles. The van der Waals surface area contributed by atoms with Crippen LogP contribution in [0.1, 0.15) is 26.7 Å². The Morgan fingerprint density at radius 3 is 2.64 bits per heavy atom. The van der Waals surface area contributed by atoms with Crippen molar-refractivity contribution < 1.29 is 18.4 Å². The van der Waals surface area contributed by atoms with Crippen LogP contribution in [-0.2, 0) is 13.1 Å². The summed E-state index contributed by atoms with van der Waals surface area (Å²) in [7, 11) is 0. The smallest absolute Gasteiger partial charge is 0.290 e. The van der Waals surface area contributed by atoms with E-state index in [0.717, 1.165) is 17.7 Å². The van der Waals surface area contributed by atoms with Crippen molar-refractivity contribution in [2.24, 2.45) is 0 Å². The normalized spacial score (nSPS) is 13.4. The summed E-state index contributed by atoms with van der Waals surface area (Å²) >= 11 is 0. The molecule has 0 saturated carbocycles. The number of aromatic nitrogens is 2. The molecule has 28 heavy (non-hydrogen) atoms. The van der Waals surface area contributed by atoms with E-state index >= 15 is 0 Å². The standard InChI is InChI=1S/C20H16F2N4O2/c21-14-6-7-16(15(22)10-14)24-19(27)17-12-25-8-9-26(20(28)18(25)23-17)11-13-4-2-1-3-5-13/h1-7,10,12H,8-9,11H2,(H,24,27). The first-order valence-electron chi connectivity index (χ1n) is 8.68. The van der Waals surface area contributed by atoms with Gasteiger partial charge in [0.05, 0.1) is 5.69 Å². The second kappa shape index (κ2) is 7.22. The number of rotatable bonds is 4. The molecule has 0 saturated heterocycles. The maximum atomic E-state index is 13.7. The monoisotopic (exact) mass is 382 g/mol. The molecule has 6 nitrogen and oxygen atoms in total. The summed E-state index contributed by atoms with van der Waals surface area (Å²) in [6, 6.07) is 12.4. The number of anilines is 1. The van der Waals surface area contributed by atoms with Gasteiger partial charge in [0.1, 0.15) is 17.3 Å². The highest BCUT2D eigenvalue weighted by atomic mass is 19.1. The number of amides is 2. The predicted octanol–water partition coefficient (Wildman–Crippen LogP) is 3.07. The second-order valence-electron chi connectivity index (χ2n) is 6.43. The summed E-state index contributed by atoms with van der Waals surface area (Å²) in [4.78, 5) is 30.9. The van der Waals surface area contributed by atoms with E-state index in [1.54, 1.807) is 9.47 Å². The SMILES string of the molecule is O=C(Nc1ccc(F)cc1F)c1cn2c(n1)C(=O)N(Cc1ccccc1)CC2. The summed E-state index contributed by atoms with van der Waals surface area (Å²) in [5, 5.41) is 2.35. The maximum Gasteiger partial charge on any atom is 0.290 e. The average molecular weight is 382 g/mol. The molecule has 0 fully saturated rings. The van der Waals surface area contributed by atoms with Gasteiger partial charge in [-0.1, -0.05) is 30.3 Å². The molecule has 1 N–H and O–H groups in total. The molecule has 0 bridgehead atoms. The topological polar surface area (TPSA) is 67.2 Å². The van der Waals surface area contributed by atoms with Gasteiger partial charge in [0.2, 0.25) is 0 Å². The van der Waals surface area contributed by atoms with Crippen molar-refractivity contribution in [2.45, 2.75) is 13.1 Å². The van der Waals surface area contributed by atoms with Crippen molar-refractivity contribution in [3.05, 3.63) is 83.4 Å². The lowest BCUT2D eigenvalue weighted by molar-refractivity contribution is 0.0683. The summed E-state index contributed by atoms with van der Waals surface area (Å²) in [5.74, 6) is -2.41. The van der Waals surface area contributed by atoms with Crippen LogP contribution in [0.15, 0.2) is 54.7 Å². The Hall–Kier alpha value is -3.55. The number of hydrogen-bond acceptors (Lipinski definition) is 3. The summed E-state index contributed by atoms with van der Waals surface area (Å²) in [6.45, 7) is 1.44. The Labute approximate surface area is 159 Å². The Kier molecular flexibility index (Phi) is 4.60. The highest BCUT2D eigenvalue weighted by Gasteiger charge is 2.28. The minimum Gasteiger partial charge on any atom is -0.330 e. The van der Waals surface area contributed by atoms with Gasteiger partial charge in [-0.25, -0.2) is 13.8 Å². The zero-order valence-electron chi connectivity index (χ0n) is 14.7. The molecule has 0 atom stereocenters. The van der Waals surface area contributed by atoms with Crippen LogP contribution in [0.2, 0.25) is 0 Å². The van der Waals surface area contributed by atoms with Crippen LogP contribution >= 0.6 is 0 Å². The lowest BCUT2D eigenvalue weighted by Crippen LogP contribution is -2.39. The maximum absolute atomic E-state index is 13.7. The van der Waals surface area contributed by atoms with E-state index in [-0.39, 0.29) is 23.1 Å². The first-order chi connectivity index (χ1) is 13.5. The summed E-state index contributed by atoms with van der Waals surface area (Å²) in [6.07, 6.45) is 1.46. The van der Waals surface area contributed by atoms with Crippen molar-refractivity contribution in [3.63, 3.8) is 0 Å². The summed E-state index contributed by atoms with van der Waals surface area (Å²) < 4.78 is 28.3. The van der Waals surface area contributed by atoms with Crippen molar-refractivity contribution in [3.8, 4) is 0 Å². The minimum atomic E-state index is -0.887. The molecule has 142 valence electrons. The van der Waals surface area contributed by atoms with Crippen LogP contribution < -0.4 is 5.32 Å². The fourth-order valence-corrected chi connectivity index (χ4v) is 3.07. The lowest BCUT2D eigenvalue weighted by Gasteiger charge is -2.27. The third kappa shape index (κ3) is 3.48. The van der Waals surface area contributed by atoms with Gasteiger partial charge >= 0.3 is 0 Å². The fraction of sp³-hybridized carbons (Fsp3) is 0.150. The van der Waals surface area contributed by atoms with Gasteiger partial charge in [-0.3, -0.25) is 9.59 Å². The minimum absolute atomic E-state index is 0.00589. The van der Waals surface area contributed by atoms with Gasteiger partial charge in [-0.2, -0.15) is 0 Å². The fourth-order valence-electron chi connectivity index (χ4n) is 3.07. The first-order valence-corrected chi connectivity index (χ1v) is 8.68. The highest BCUT2D eigenvalue weighted by Crippen LogP contribution is 2.19. The van der Waals surface area contributed by atoms with Crippen molar-refractivity contribution in [2.75, 3.05) is 11.9 Å². The quantitative estimate of drug-likeness (QED) is 0.754. The van der Waals surface area contributed by atoms with E-state index in [1.807, 2.05) is 30.3 Å². The number of imidazole rings is 1. The van der Waals surface area contributed by atoms with Crippen LogP contribution in [0.3, 0.4) is 0 Å². The zero-order valence-corrected chi connectivity index (χ0v) is 14.7. The van der Waals surface area contributed by atoms with E-state index in [2.05, 4.69) is 10.3 Å². The largest absolute Gasteiger partial charge is 0.330 e. The van der Waals surface area contributed by atoms with Gasteiger partial charge in [-0.15, -0.1) is 0 Å². The van der Waals surface area contributed by atoms with Crippen LogP contribution in [0.5, 0.6) is 0 Å². The number of nitrogens with one attached hydrogen (secondary N) is 1. The number of benzene rings is 2. The summed E-state index contributed by atoms with van der Waals surface area (Å²) in [5.41, 5.74) is 0.837. The predicted molar refractivity (Wildman–Crippen MR) is 97.7 cm³/mol. The highest BCUT2D eigenvalue weighted by molar-refractivity contribution is 6.04. The van der Waals surface area contributed by atoms with Crippen LogP contribution in [0, 0.1) is 11.6 Å². The number of carbonyl (C=O) groups is 2. The van der Waals surface area contributed by atoms with Gasteiger partial charge in [0.25, 0.3) is 11.8 Å². The van der Waals surface area contributed by atoms with Gasteiger partial charge in [0, 0.05) is 31.9 Å². The number of carbonyl (C=O) groups excluding carboxylic acids is 2. The van der Waals surface area contributed by atoms with Crippen LogP contribution in [0.4, 0.5) is 14.5 Å². The molecular weight excluding hydrogens is 366 g/mol. The van der Waals surface area contributed by atoms with Crippen molar-refractivity contribution >= 4 is 17.5 Å². The first kappa shape index (κ1) is 17.8. The molecular formula is C20H16F2N4O2. The third-order valence-corrected chi connectivity index (χ3v) is 4.49. The molecule has 0 spiro atoms. The van der Waals surface area contributed by atoms with Gasteiger partial charge in [0.15, 0.2) is 5.82 Å². The van der Waals surface area contributed by atoms with Crippen molar-refractivity contribution in [1.82, 2.24) is 14.5 Å². The average Bonchev–Trinajstić information content (AvgIpc) is 3.12. The molecule has 0 unspecified atom stereocenters. The molecule has 4 rings (SSSR count). The Balaban J connectivity index is 1.51. The molecule has 2 aromatic carbocycles. The van der Waals surface area contributed by atoms with Gasteiger partial charge < -0.3 is 14.8 Å². The molecule has 0 radical (unpaired) electrons. The zero-order chi connectivity index (χ0) is 19.7. The number of fused-ring (bicyclic) bond motifs is 1. The Morgan fingerprint density at radius 2 is 1.89 bits per heavy atom. The molecule has 0 aliphatic carbocycles. The molecule has 1 aliphatic rings.